The topological polar surface area (TPSA) is 110 Å². The van der Waals surface area contributed by atoms with Gasteiger partial charge in [-0.1, -0.05) is 29.4 Å². The maximum atomic E-state index is 9.48. The molecule has 182 valence electrons. The number of benzene rings is 1. The van der Waals surface area contributed by atoms with Gasteiger partial charge in [0.2, 0.25) is 0 Å². The van der Waals surface area contributed by atoms with Gasteiger partial charge in [-0.05, 0) is 44.9 Å². The van der Waals surface area contributed by atoms with Crippen LogP contribution in [0.1, 0.15) is 37.2 Å². The molecule has 4 aromatic rings. The molecule has 0 amide bonds. The molecule has 4 heterocycles. The van der Waals surface area contributed by atoms with Gasteiger partial charge in [0.05, 0.1) is 41.4 Å². The van der Waals surface area contributed by atoms with Crippen molar-refractivity contribution >= 4 is 0 Å². The van der Waals surface area contributed by atoms with E-state index in [1.165, 1.54) is 5.56 Å². The van der Waals surface area contributed by atoms with Crippen LogP contribution in [-0.2, 0) is 16.7 Å². The van der Waals surface area contributed by atoms with E-state index in [1.807, 2.05) is 51.1 Å². The molecule has 0 saturated carbocycles. The standard InChI is InChI=1S/C28H28N6O2/c1-18-27(33-24(15-31-18)21-8-10-30-26(12-21)28(2,3)17-29)25-13-23(34-36-25)20-6-4-19(5-7-20)14-32-22-9-11-35-16-22/h4-8,10,12-13,15,22,32H,9,11,14,16H2,1-3H3. The van der Waals surface area contributed by atoms with E-state index in [9.17, 15) is 5.26 Å². The predicted molar refractivity (Wildman–Crippen MR) is 136 cm³/mol. The van der Waals surface area contributed by atoms with Crippen LogP contribution in [0, 0.1) is 18.3 Å². The Morgan fingerprint density at radius 3 is 2.67 bits per heavy atom. The second-order valence-electron chi connectivity index (χ2n) is 9.57. The summed E-state index contributed by atoms with van der Waals surface area (Å²) in [4.78, 5) is 13.7. The van der Waals surface area contributed by atoms with Crippen LogP contribution in [0.4, 0.5) is 0 Å². The van der Waals surface area contributed by atoms with Gasteiger partial charge in [-0.25, -0.2) is 4.98 Å². The molecular formula is C28H28N6O2. The average molecular weight is 481 g/mol. The summed E-state index contributed by atoms with van der Waals surface area (Å²) in [5.74, 6) is 0.551. The molecule has 0 aliphatic carbocycles. The summed E-state index contributed by atoms with van der Waals surface area (Å²) in [6, 6.07) is 16.7. The van der Waals surface area contributed by atoms with Crippen LogP contribution in [0.25, 0.3) is 34.0 Å². The van der Waals surface area contributed by atoms with Gasteiger partial charge in [-0.2, -0.15) is 5.26 Å². The van der Waals surface area contributed by atoms with Gasteiger partial charge in [0.25, 0.3) is 0 Å². The molecule has 1 aliphatic rings. The van der Waals surface area contributed by atoms with Gasteiger partial charge in [0.1, 0.15) is 11.4 Å². The molecule has 36 heavy (non-hydrogen) atoms. The Labute approximate surface area is 210 Å². The van der Waals surface area contributed by atoms with E-state index in [0.717, 1.165) is 48.7 Å². The minimum Gasteiger partial charge on any atom is -0.380 e. The second kappa shape index (κ2) is 9.97. The van der Waals surface area contributed by atoms with Crippen molar-refractivity contribution < 1.29 is 9.26 Å². The quantitative estimate of drug-likeness (QED) is 0.400. The number of hydrogen-bond donors (Lipinski definition) is 1. The third-order valence-electron chi connectivity index (χ3n) is 6.45. The first kappa shape index (κ1) is 23.8. The highest BCUT2D eigenvalue weighted by Gasteiger charge is 2.22. The Kier molecular flexibility index (Phi) is 6.59. The van der Waals surface area contributed by atoms with Gasteiger partial charge in [-0.15, -0.1) is 0 Å². The Bertz CT molecular complexity index is 1400. The van der Waals surface area contributed by atoms with Crippen LogP contribution in [0.5, 0.6) is 0 Å². The lowest BCUT2D eigenvalue weighted by atomic mass is 9.90. The summed E-state index contributed by atoms with van der Waals surface area (Å²) in [5, 5.41) is 17.3. The van der Waals surface area contributed by atoms with Crippen LogP contribution in [0.15, 0.2) is 59.4 Å². The fraction of sp³-hybridized carbons (Fsp3) is 0.321. The monoisotopic (exact) mass is 480 g/mol. The van der Waals surface area contributed by atoms with Crippen molar-refractivity contribution in [1.82, 2.24) is 25.4 Å². The number of pyridine rings is 1. The van der Waals surface area contributed by atoms with Gasteiger partial charge in [0, 0.05) is 42.6 Å². The first-order chi connectivity index (χ1) is 17.4. The maximum Gasteiger partial charge on any atom is 0.187 e. The van der Waals surface area contributed by atoms with Crippen LogP contribution in [-0.4, -0.2) is 39.4 Å². The van der Waals surface area contributed by atoms with E-state index in [4.69, 9.17) is 14.2 Å². The fourth-order valence-corrected chi connectivity index (χ4v) is 4.08. The summed E-state index contributed by atoms with van der Waals surface area (Å²) in [6.07, 6.45) is 4.47. The molecule has 8 heteroatoms. The molecule has 1 aliphatic heterocycles. The number of aromatic nitrogens is 4. The van der Waals surface area contributed by atoms with Gasteiger partial charge >= 0.3 is 0 Å². The van der Waals surface area contributed by atoms with Crippen molar-refractivity contribution in [1.29, 1.82) is 5.26 Å². The van der Waals surface area contributed by atoms with Gasteiger partial charge < -0.3 is 14.6 Å². The molecular weight excluding hydrogens is 452 g/mol. The normalized spacial score (nSPS) is 15.7. The number of hydrogen-bond acceptors (Lipinski definition) is 8. The molecule has 5 rings (SSSR count). The summed E-state index contributed by atoms with van der Waals surface area (Å²) < 4.78 is 11.1. The molecule has 1 atom stereocenters. The number of rotatable bonds is 7. The summed E-state index contributed by atoms with van der Waals surface area (Å²) >= 11 is 0. The fourth-order valence-electron chi connectivity index (χ4n) is 4.08. The Morgan fingerprint density at radius 1 is 1.08 bits per heavy atom. The van der Waals surface area contributed by atoms with Crippen LogP contribution in [0.3, 0.4) is 0 Å². The highest BCUT2D eigenvalue weighted by Crippen LogP contribution is 2.30. The molecule has 1 unspecified atom stereocenters. The van der Waals surface area contributed by atoms with Crippen molar-refractivity contribution in [3.8, 4) is 40.0 Å². The number of nitrogens with one attached hydrogen (secondary N) is 1. The summed E-state index contributed by atoms with van der Waals surface area (Å²) in [5.41, 5.74) is 5.78. The average Bonchev–Trinajstić information content (AvgIpc) is 3.61. The molecule has 3 aromatic heterocycles. The van der Waals surface area contributed by atoms with Crippen LogP contribution in [0.2, 0.25) is 0 Å². The molecule has 0 spiro atoms. The lowest BCUT2D eigenvalue weighted by Crippen LogP contribution is -2.28. The van der Waals surface area contributed by atoms with Gasteiger partial charge in [0.15, 0.2) is 5.76 Å². The van der Waals surface area contributed by atoms with E-state index in [2.05, 4.69) is 38.6 Å². The zero-order valence-corrected chi connectivity index (χ0v) is 20.7. The van der Waals surface area contributed by atoms with E-state index in [1.54, 1.807) is 12.4 Å². The van der Waals surface area contributed by atoms with Crippen molar-refractivity contribution in [2.24, 2.45) is 0 Å². The minimum atomic E-state index is -0.701. The highest BCUT2D eigenvalue weighted by atomic mass is 16.5. The number of nitrogens with zero attached hydrogens (tertiary/aromatic N) is 5. The predicted octanol–water partition coefficient (Wildman–Crippen LogP) is 4.85. The molecule has 1 N–H and O–H groups in total. The van der Waals surface area contributed by atoms with Crippen molar-refractivity contribution in [2.75, 3.05) is 13.2 Å². The SMILES string of the molecule is Cc1ncc(-c2ccnc(C(C)(C)C#N)c2)nc1-c1cc(-c2ccc(CNC3CCOC3)cc2)no1. The zero-order chi connectivity index (χ0) is 25.1. The number of ether oxygens (including phenoxy) is 1. The first-order valence-corrected chi connectivity index (χ1v) is 12.0. The van der Waals surface area contributed by atoms with Crippen LogP contribution >= 0.6 is 0 Å². The van der Waals surface area contributed by atoms with E-state index in [0.29, 0.717) is 28.9 Å². The number of nitriles is 1. The molecule has 0 bridgehead atoms. The van der Waals surface area contributed by atoms with Crippen LogP contribution < -0.4 is 5.32 Å². The minimum absolute atomic E-state index is 0.430. The first-order valence-electron chi connectivity index (χ1n) is 12.0. The molecule has 1 aromatic carbocycles. The molecule has 0 radical (unpaired) electrons. The van der Waals surface area contributed by atoms with Crippen molar-refractivity contribution in [2.45, 2.75) is 45.2 Å². The molecule has 1 fully saturated rings. The lowest BCUT2D eigenvalue weighted by Gasteiger charge is -2.15. The maximum absolute atomic E-state index is 9.48. The third-order valence-corrected chi connectivity index (χ3v) is 6.45. The lowest BCUT2D eigenvalue weighted by molar-refractivity contribution is 0.190. The third kappa shape index (κ3) is 5.03. The zero-order valence-electron chi connectivity index (χ0n) is 20.7. The Hall–Kier alpha value is -3.93. The van der Waals surface area contributed by atoms with E-state index < -0.39 is 5.41 Å². The van der Waals surface area contributed by atoms with Gasteiger partial charge in [-0.3, -0.25) is 9.97 Å². The summed E-state index contributed by atoms with van der Waals surface area (Å²) in [6.45, 7) is 8.00. The van der Waals surface area contributed by atoms with E-state index >= 15 is 0 Å². The molecule has 1 saturated heterocycles. The molecule has 8 nitrogen and oxygen atoms in total. The Balaban J connectivity index is 1.36. The van der Waals surface area contributed by atoms with Crippen molar-refractivity contribution in [3.05, 3.63) is 71.8 Å². The smallest absolute Gasteiger partial charge is 0.187 e. The highest BCUT2D eigenvalue weighted by molar-refractivity contribution is 5.68. The second-order valence-corrected chi connectivity index (χ2v) is 9.57. The van der Waals surface area contributed by atoms with Crippen molar-refractivity contribution in [3.63, 3.8) is 0 Å². The van der Waals surface area contributed by atoms with E-state index in [-0.39, 0.29) is 0 Å². The largest absolute Gasteiger partial charge is 0.380 e. The summed E-state index contributed by atoms with van der Waals surface area (Å²) in [7, 11) is 0. The Morgan fingerprint density at radius 2 is 1.92 bits per heavy atom. The number of aryl methyl sites for hydroxylation is 1.